The number of aryl methyl sites for hydroxylation is 1. The standard InChI is InChI=1S/C11H11NO2/c1-6-7(2)14-9-5-3-4-8(12)10(9)11(6)13/h3-5H,12H2,1-2H3. The zero-order valence-corrected chi connectivity index (χ0v) is 8.13. The van der Waals surface area contributed by atoms with Crippen LogP contribution in [-0.2, 0) is 0 Å². The molecular weight excluding hydrogens is 178 g/mol. The maximum absolute atomic E-state index is 11.8. The van der Waals surface area contributed by atoms with Gasteiger partial charge in [-0.3, -0.25) is 4.79 Å². The highest BCUT2D eigenvalue weighted by molar-refractivity contribution is 5.89. The molecule has 14 heavy (non-hydrogen) atoms. The molecule has 1 heterocycles. The molecule has 1 aromatic carbocycles. The average molecular weight is 189 g/mol. The summed E-state index contributed by atoms with van der Waals surface area (Å²) in [4.78, 5) is 11.8. The molecule has 72 valence electrons. The number of nitrogens with two attached hydrogens (primary N) is 1. The first kappa shape index (κ1) is 8.81. The molecule has 0 fully saturated rings. The molecule has 0 aliphatic carbocycles. The minimum atomic E-state index is -0.0400. The molecule has 0 saturated heterocycles. The molecule has 0 bridgehead atoms. The van der Waals surface area contributed by atoms with Crippen molar-refractivity contribution in [1.29, 1.82) is 0 Å². The average Bonchev–Trinajstić information content (AvgIpc) is 2.14. The normalized spacial score (nSPS) is 10.7. The smallest absolute Gasteiger partial charge is 0.197 e. The Kier molecular flexibility index (Phi) is 1.81. The third-order valence-electron chi connectivity index (χ3n) is 2.42. The Hall–Kier alpha value is -1.77. The molecule has 0 aliphatic heterocycles. The first-order chi connectivity index (χ1) is 6.61. The van der Waals surface area contributed by atoms with Crippen LogP contribution in [0.2, 0.25) is 0 Å². The summed E-state index contributed by atoms with van der Waals surface area (Å²) in [6.07, 6.45) is 0. The Morgan fingerprint density at radius 2 is 2.00 bits per heavy atom. The van der Waals surface area contributed by atoms with Crippen molar-refractivity contribution >= 4 is 16.7 Å². The van der Waals surface area contributed by atoms with E-state index >= 15 is 0 Å². The highest BCUT2D eigenvalue weighted by Gasteiger charge is 2.09. The minimum absolute atomic E-state index is 0.0400. The van der Waals surface area contributed by atoms with E-state index in [-0.39, 0.29) is 5.43 Å². The Balaban J connectivity index is 3.07. The fraction of sp³-hybridized carbons (Fsp3) is 0.182. The van der Waals surface area contributed by atoms with Gasteiger partial charge >= 0.3 is 0 Å². The van der Waals surface area contributed by atoms with E-state index in [1.807, 2.05) is 0 Å². The van der Waals surface area contributed by atoms with Crippen LogP contribution >= 0.6 is 0 Å². The summed E-state index contributed by atoms with van der Waals surface area (Å²) >= 11 is 0. The van der Waals surface area contributed by atoms with Crippen molar-refractivity contribution in [3.63, 3.8) is 0 Å². The van der Waals surface area contributed by atoms with Gasteiger partial charge in [0, 0.05) is 11.3 Å². The van der Waals surface area contributed by atoms with E-state index in [9.17, 15) is 4.79 Å². The molecule has 3 heteroatoms. The Morgan fingerprint density at radius 1 is 1.29 bits per heavy atom. The van der Waals surface area contributed by atoms with E-state index in [2.05, 4.69) is 0 Å². The third-order valence-corrected chi connectivity index (χ3v) is 2.42. The van der Waals surface area contributed by atoms with Crippen LogP contribution in [0.15, 0.2) is 27.4 Å². The molecule has 0 spiro atoms. The van der Waals surface area contributed by atoms with E-state index in [4.69, 9.17) is 10.2 Å². The van der Waals surface area contributed by atoms with Crippen molar-refractivity contribution in [2.45, 2.75) is 13.8 Å². The monoisotopic (exact) mass is 189 g/mol. The topological polar surface area (TPSA) is 56.2 Å². The largest absolute Gasteiger partial charge is 0.461 e. The van der Waals surface area contributed by atoms with Crippen molar-refractivity contribution in [2.75, 3.05) is 5.73 Å². The van der Waals surface area contributed by atoms with Gasteiger partial charge in [0.15, 0.2) is 5.43 Å². The van der Waals surface area contributed by atoms with Crippen molar-refractivity contribution in [2.24, 2.45) is 0 Å². The van der Waals surface area contributed by atoms with Crippen LogP contribution in [0.1, 0.15) is 11.3 Å². The Labute approximate surface area is 81.1 Å². The van der Waals surface area contributed by atoms with Gasteiger partial charge in [0.2, 0.25) is 0 Å². The fourth-order valence-corrected chi connectivity index (χ4v) is 1.47. The van der Waals surface area contributed by atoms with Crippen molar-refractivity contribution in [3.8, 4) is 0 Å². The molecule has 2 rings (SSSR count). The van der Waals surface area contributed by atoms with Gasteiger partial charge in [0.25, 0.3) is 0 Å². The lowest BCUT2D eigenvalue weighted by atomic mass is 10.1. The van der Waals surface area contributed by atoms with E-state index in [0.29, 0.717) is 28.0 Å². The number of rotatable bonds is 0. The number of nitrogen functional groups attached to an aromatic ring is 1. The van der Waals surface area contributed by atoms with Gasteiger partial charge in [-0.1, -0.05) is 6.07 Å². The number of hydrogen-bond donors (Lipinski definition) is 1. The minimum Gasteiger partial charge on any atom is -0.461 e. The molecule has 3 nitrogen and oxygen atoms in total. The van der Waals surface area contributed by atoms with Crippen LogP contribution in [0.25, 0.3) is 11.0 Å². The highest BCUT2D eigenvalue weighted by atomic mass is 16.3. The molecule has 0 radical (unpaired) electrons. The summed E-state index contributed by atoms with van der Waals surface area (Å²) < 4.78 is 5.47. The highest BCUT2D eigenvalue weighted by Crippen LogP contribution is 2.19. The zero-order valence-electron chi connectivity index (χ0n) is 8.13. The van der Waals surface area contributed by atoms with Crippen molar-refractivity contribution in [3.05, 3.63) is 39.7 Å². The quantitative estimate of drug-likeness (QED) is 0.645. The van der Waals surface area contributed by atoms with Crippen LogP contribution in [0.4, 0.5) is 5.69 Å². The molecule has 0 atom stereocenters. The molecule has 0 unspecified atom stereocenters. The summed E-state index contributed by atoms with van der Waals surface area (Å²) in [7, 11) is 0. The van der Waals surface area contributed by atoms with Crippen LogP contribution < -0.4 is 11.2 Å². The Morgan fingerprint density at radius 3 is 2.71 bits per heavy atom. The van der Waals surface area contributed by atoms with Crippen molar-refractivity contribution in [1.82, 2.24) is 0 Å². The van der Waals surface area contributed by atoms with E-state index in [0.717, 1.165) is 0 Å². The summed E-state index contributed by atoms with van der Waals surface area (Å²) in [6.45, 7) is 3.52. The summed E-state index contributed by atoms with van der Waals surface area (Å²) in [5.41, 5.74) is 7.32. The molecular formula is C11H11NO2. The molecule has 0 amide bonds. The predicted molar refractivity (Wildman–Crippen MR) is 56.4 cm³/mol. The zero-order chi connectivity index (χ0) is 10.3. The second kappa shape index (κ2) is 2.87. The van der Waals surface area contributed by atoms with E-state index in [1.165, 1.54) is 0 Å². The van der Waals surface area contributed by atoms with Gasteiger partial charge in [-0.15, -0.1) is 0 Å². The van der Waals surface area contributed by atoms with Gasteiger partial charge in [0.05, 0.1) is 5.39 Å². The number of anilines is 1. The summed E-state index contributed by atoms with van der Waals surface area (Å²) in [5, 5.41) is 0.482. The number of fused-ring (bicyclic) bond motifs is 1. The van der Waals surface area contributed by atoms with Gasteiger partial charge in [-0.2, -0.15) is 0 Å². The lowest BCUT2D eigenvalue weighted by Crippen LogP contribution is -2.09. The first-order valence-corrected chi connectivity index (χ1v) is 4.40. The molecule has 2 aromatic rings. The maximum atomic E-state index is 11.8. The van der Waals surface area contributed by atoms with Gasteiger partial charge < -0.3 is 10.2 Å². The van der Waals surface area contributed by atoms with Crippen LogP contribution in [0.5, 0.6) is 0 Å². The van der Waals surface area contributed by atoms with Crippen molar-refractivity contribution < 1.29 is 4.42 Å². The van der Waals surface area contributed by atoms with Gasteiger partial charge in [-0.25, -0.2) is 0 Å². The molecule has 2 N–H and O–H groups in total. The van der Waals surface area contributed by atoms with E-state index < -0.39 is 0 Å². The maximum Gasteiger partial charge on any atom is 0.197 e. The Bertz CT molecular complexity index is 555. The molecule has 0 aliphatic rings. The summed E-state index contributed by atoms with van der Waals surface area (Å²) in [6, 6.07) is 5.23. The van der Waals surface area contributed by atoms with Crippen LogP contribution in [0.3, 0.4) is 0 Å². The SMILES string of the molecule is Cc1oc2cccc(N)c2c(=O)c1C. The lowest BCUT2D eigenvalue weighted by molar-refractivity contribution is 0.559. The number of hydrogen-bond acceptors (Lipinski definition) is 3. The fourth-order valence-electron chi connectivity index (χ4n) is 1.47. The second-order valence-corrected chi connectivity index (χ2v) is 3.33. The van der Waals surface area contributed by atoms with Crippen LogP contribution in [0, 0.1) is 13.8 Å². The van der Waals surface area contributed by atoms with E-state index in [1.54, 1.807) is 32.0 Å². The second-order valence-electron chi connectivity index (χ2n) is 3.33. The first-order valence-electron chi connectivity index (χ1n) is 4.40. The van der Waals surface area contributed by atoms with Crippen LogP contribution in [-0.4, -0.2) is 0 Å². The van der Waals surface area contributed by atoms with Gasteiger partial charge in [0.1, 0.15) is 11.3 Å². The van der Waals surface area contributed by atoms with Gasteiger partial charge in [-0.05, 0) is 26.0 Å². The predicted octanol–water partition coefficient (Wildman–Crippen LogP) is 1.99. The lowest BCUT2D eigenvalue weighted by Gasteiger charge is -2.03. The molecule has 0 saturated carbocycles. The third kappa shape index (κ3) is 1.09. The number of benzene rings is 1. The molecule has 1 aromatic heterocycles. The summed E-state index contributed by atoms with van der Waals surface area (Å²) in [5.74, 6) is 0.646.